The van der Waals surface area contributed by atoms with Crippen LogP contribution in [0.5, 0.6) is 0 Å². The third-order valence-electron chi connectivity index (χ3n) is 10.1. The Morgan fingerprint density at radius 1 is 0.404 bits per heavy atom. The molecule has 0 spiro atoms. The first-order valence-corrected chi connectivity index (χ1v) is 16.4. The predicted octanol–water partition coefficient (Wildman–Crippen LogP) is 12.2. The van der Waals surface area contributed by atoms with Crippen LogP contribution in [0.25, 0.3) is 65.7 Å². The fourth-order valence-electron chi connectivity index (χ4n) is 7.69. The van der Waals surface area contributed by atoms with Gasteiger partial charge in [0.25, 0.3) is 0 Å². The molecule has 0 saturated heterocycles. The minimum Gasteiger partial charge on any atom is -0.0622 e. The van der Waals surface area contributed by atoms with Crippen LogP contribution in [-0.4, -0.2) is 0 Å². The molecule has 0 N–H and O–H groups in total. The van der Waals surface area contributed by atoms with E-state index in [1.54, 1.807) is 0 Å². The van der Waals surface area contributed by atoms with Gasteiger partial charge in [-0.3, -0.25) is 0 Å². The van der Waals surface area contributed by atoms with Gasteiger partial charge in [0.1, 0.15) is 0 Å². The lowest BCUT2D eigenvalue weighted by molar-refractivity contribution is 0.660. The van der Waals surface area contributed by atoms with E-state index < -0.39 is 0 Å². The average molecular weight is 597 g/mol. The summed E-state index contributed by atoms with van der Waals surface area (Å²) in [6.45, 7) is 4.72. The molecule has 9 rings (SSSR count). The second-order valence-corrected chi connectivity index (χ2v) is 13.2. The standard InChI is InChI=1S/C47H32/c1-47(2)44-19-11-10-17-40(44)41-27-24-36(30-45(41)47)46-42-18-9-8-16-37(42)38(25-20-31-12-4-3-5-13-31)39-26-23-35(29-43(39)46)34-22-21-32-14-6-7-15-33(32)28-34/h3-19,21-24,26-30H,1-2H3. The molecular weight excluding hydrogens is 565 g/mol. The lowest BCUT2D eigenvalue weighted by Gasteiger charge is -2.23. The zero-order chi connectivity index (χ0) is 31.5. The molecule has 47 heavy (non-hydrogen) atoms. The van der Waals surface area contributed by atoms with Crippen molar-refractivity contribution in [2.45, 2.75) is 19.3 Å². The smallest absolute Gasteiger partial charge is 0.0406 e. The van der Waals surface area contributed by atoms with Crippen molar-refractivity contribution < 1.29 is 0 Å². The third kappa shape index (κ3) is 4.39. The first-order valence-electron chi connectivity index (χ1n) is 16.4. The highest BCUT2D eigenvalue weighted by Gasteiger charge is 2.35. The first-order chi connectivity index (χ1) is 23.1. The minimum absolute atomic E-state index is 0.0785. The van der Waals surface area contributed by atoms with Gasteiger partial charge in [0, 0.05) is 16.5 Å². The fourth-order valence-corrected chi connectivity index (χ4v) is 7.69. The highest BCUT2D eigenvalue weighted by Crippen LogP contribution is 2.50. The highest BCUT2D eigenvalue weighted by molar-refractivity contribution is 6.17. The van der Waals surface area contributed by atoms with Crippen molar-refractivity contribution in [3.8, 4) is 45.2 Å². The van der Waals surface area contributed by atoms with Crippen molar-refractivity contribution >= 4 is 32.3 Å². The Labute approximate surface area is 276 Å². The summed E-state index contributed by atoms with van der Waals surface area (Å²) in [5.74, 6) is 7.10. The molecule has 0 heterocycles. The fraction of sp³-hybridized carbons (Fsp3) is 0.0638. The molecule has 0 aliphatic heterocycles. The van der Waals surface area contributed by atoms with Crippen molar-refractivity contribution in [1.82, 2.24) is 0 Å². The second kappa shape index (κ2) is 10.6. The van der Waals surface area contributed by atoms with Gasteiger partial charge >= 0.3 is 0 Å². The van der Waals surface area contributed by atoms with Crippen LogP contribution in [-0.2, 0) is 5.41 Å². The Morgan fingerprint density at radius 2 is 1.04 bits per heavy atom. The second-order valence-electron chi connectivity index (χ2n) is 13.2. The predicted molar refractivity (Wildman–Crippen MR) is 200 cm³/mol. The zero-order valence-electron chi connectivity index (χ0n) is 26.5. The van der Waals surface area contributed by atoms with Crippen LogP contribution in [0.3, 0.4) is 0 Å². The van der Waals surface area contributed by atoms with Crippen molar-refractivity contribution in [2.75, 3.05) is 0 Å². The summed E-state index contributed by atoms with van der Waals surface area (Å²) in [7, 11) is 0. The normalized spacial score (nSPS) is 12.9. The Kier molecular flexibility index (Phi) is 6.17. The van der Waals surface area contributed by atoms with Gasteiger partial charge in [-0.05, 0) is 107 Å². The number of benzene rings is 8. The van der Waals surface area contributed by atoms with E-state index in [0.29, 0.717) is 0 Å². The minimum atomic E-state index is -0.0785. The summed E-state index contributed by atoms with van der Waals surface area (Å²) in [6.07, 6.45) is 0. The van der Waals surface area contributed by atoms with E-state index in [0.717, 1.165) is 11.1 Å². The molecule has 1 aliphatic carbocycles. The summed E-state index contributed by atoms with van der Waals surface area (Å²) >= 11 is 0. The Bertz CT molecular complexity index is 2590. The molecule has 0 radical (unpaired) electrons. The van der Waals surface area contributed by atoms with Gasteiger partial charge in [-0.25, -0.2) is 0 Å². The zero-order valence-corrected chi connectivity index (χ0v) is 26.5. The number of rotatable bonds is 2. The van der Waals surface area contributed by atoms with Crippen LogP contribution in [0.15, 0.2) is 158 Å². The molecule has 220 valence electrons. The number of fused-ring (bicyclic) bond motifs is 6. The average Bonchev–Trinajstić information content (AvgIpc) is 3.35. The summed E-state index contributed by atoms with van der Waals surface area (Å²) in [6, 6.07) is 57.4. The van der Waals surface area contributed by atoms with Gasteiger partial charge in [-0.1, -0.05) is 153 Å². The van der Waals surface area contributed by atoms with E-state index in [1.807, 2.05) is 18.2 Å². The van der Waals surface area contributed by atoms with Crippen LogP contribution >= 0.6 is 0 Å². The van der Waals surface area contributed by atoms with E-state index in [1.165, 1.54) is 76.8 Å². The summed E-state index contributed by atoms with van der Waals surface area (Å²) < 4.78 is 0. The van der Waals surface area contributed by atoms with Gasteiger partial charge in [-0.2, -0.15) is 0 Å². The van der Waals surface area contributed by atoms with E-state index in [9.17, 15) is 0 Å². The van der Waals surface area contributed by atoms with Gasteiger partial charge in [0.05, 0.1) is 0 Å². The van der Waals surface area contributed by atoms with Gasteiger partial charge in [0.15, 0.2) is 0 Å². The largest absolute Gasteiger partial charge is 0.0622 e. The lowest BCUT2D eigenvalue weighted by Crippen LogP contribution is -2.14. The molecule has 0 amide bonds. The van der Waals surface area contributed by atoms with Gasteiger partial charge in [0.2, 0.25) is 0 Å². The molecule has 8 aromatic carbocycles. The van der Waals surface area contributed by atoms with E-state index >= 15 is 0 Å². The molecule has 1 aliphatic rings. The molecule has 0 unspecified atom stereocenters. The Balaban J connectivity index is 1.34. The maximum atomic E-state index is 3.63. The highest BCUT2D eigenvalue weighted by atomic mass is 14.4. The quantitative estimate of drug-likeness (QED) is 0.138. The van der Waals surface area contributed by atoms with E-state index in [2.05, 4.69) is 165 Å². The van der Waals surface area contributed by atoms with Gasteiger partial charge < -0.3 is 0 Å². The van der Waals surface area contributed by atoms with Crippen LogP contribution in [0.2, 0.25) is 0 Å². The molecule has 0 fully saturated rings. The number of hydrogen-bond donors (Lipinski definition) is 0. The van der Waals surface area contributed by atoms with E-state index in [4.69, 9.17) is 0 Å². The number of hydrogen-bond acceptors (Lipinski definition) is 0. The molecule has 0 heteroatoms. The maximum absolute atomic E-state index is 3.63. The Hall–Kier alpha value is -5.90. The monoisotopic (exact) mass is 596 g/mol. The van der Waals surface area contributed by atoms with Crippen molar-refractivity contribution in [3.63, 3.8) is 0 Å². The molecule has 0 atom stereocenters. The van der Waals surface area contributed by atoms with Crippen LogP contribution in [0.1, 0.15) is 36.1 Å². The van der Waals surface area contributed by atoms with Crippen LogP contribution < -0.4 is 0 Å². The third-order valence-corrected chi connectivity index (χ3v) is 10.1. The Morgan fingerprint density at radius 3 is 1.91 bits per heavy atom. The molecular formula is C47H32. The molecule has 8 aromatic rings. The van der Waals surface area contributed by atoms with Crippen LogP contribution in [0.4, 0.5) is 0 Å². The van der Waals surface area contributed by atoms with Crippen molar-refractivity contribution in [1.29, 1.82) is 0 Å². The summed E-state index contributed by atoms with van der Waals surface area (Å²) in [5, 5.41) is 7.30. The SMILES string of the molecule is CC1(C)c2ccccc2-c2ccc(-c3c4ccccc4c(C#Cc4ccccc4)c4ccc(-c5ccc6ccccc6c5)cc34)cc21. The molecule has 0 nitrogen and oxygen atoms in total. The summed E-state index contributed by atoms with van der Waals surface area (Å²) in [4.78, 5) is 0. The summed E-state index contributed by atoms with van der Waals surface area (Å²) in [5.41, 5.74) is 12.4. The lowest BCUT2D eigenvalue weighted by atomic mass is 9.80. The van der Waals surface area contributed by atoms with Crippen molar-refractivity contribution in [2.24, 2.45) is 0 Å². The first kappa shape index (κ1) is 27.4. The maximum Gasteiger partial charge on any atom is 0.0406 e. The van der Waals surface area contributed by atoms with Crippen molar-refractivity contribution in [3.05, 3.63) is 180 Å². The molecule has 0 bridgehead atoms. The van der Waals surface area contributed by atoms with Gasteiger partial charge in [-0.15, -0.1) is 0 Å². The molecule has 0 saturated carbocycles. The molecule has 0 aromatic heterocycles. The van der Waals surface area contributed by atoms with E-state index in [-0.39, 0.29) is 5.41 Å². The topological polar surface area (TPSA) is 0 Å². The van der Waals surface area contributed by atoms with Crippen LogP contribution in [0, 0.1) is 11.8 Å².